The van der Waals surface area contributed by atoms with Crippen molar-refractivity contribution in [1.82, 2.24) is 9.21 Å². The first-order valence-corrected chi connectivity index (χ1v) is 10.0. The number of hydrogen-bond acceptors (Lipinski definition) is 7. The molecule has 9 nitrogen and oxygen atoms in total. The molecule has 0 unspecified atom stereocenters. The van der Waals surface area contributed by atoms with Gasteiger partial charge in [0.25, 0.3) is 5.91 Å². The number of esters is 1. The number of carbonyl (C=O) groups excluding carboxylic acids is 3. The van der Waals surface area contributed by atoms with Crippen LogP contribution in [0, 0.1) is 0 Å². The highest BCUT2D eigenvalue weighted by Gasteiger charge is 2.24. The molecule has 0 saturated carbocycles. The first-order chi connectivity index (χ1) is 13.6. The molecule has 29 heavy (non-hydrogen) atoms. The van der Waals surface area contributed by atoms with Gasteiger partial charge in [0.05, 0.1) is 17.7 Å². The first-order valence-electron chi connectivity index (χ1n) is 8.60. The van der Waals surface area contributed by atoms with Gasteiger partial charge in [-0.3, -0.25) is 14.4 Å². The predicted molar refractivity (Wildman–Crippen MR) is 102 cm³/mol. The van der Waals surface area contributed by atoms with Gasteiger partial charge in [-0.2, -0.15) is 4.31 Å². The summed E-state index contributed by atoms with van der Waals surface area (Å²) in [7, 11) is -1.20. The number of rotatable bonds is 9. The molecule has 0 bridgehead atoms. The summed E-state index contributed by atoms with van der Waals surface area (Å²) in [5.74, 6) is -0.933. The summed E-state index contributed by atoms with van der Waals surface area (Å²) in [5.41, 5.74) is 0.378. The number of likely N-dealkylation sites (N-methyl/N-ethyl adjacent to an activating group) is 2. The van der Waals surface area contributed by atoms with Crippen LogP contribution >= 0.6 is 0 Å². The molecule has 0 aliphatic rings. The van der Waals surface area contributed by atoms with Crippen molar-refractivity contribution in [3.05, 3.63) is 54.0 Å². The Kier molecular flexibility index (Phi) is 7.29. The van der Waals surface area contributed by atoms with Crippen molar-refractivity contribution < 1.29 is 32.0 Å². The van der Waals surface area contributed by atoms with E-state index in [1.807, 2.05) is 0 Å². The molecule has 0 saturated heterocycles. The summed E-state index contributed by atoms with van der Waals surface area (Å²) >= 11 is 0. The van der Waals surface area contributed by atoms with Gasteiger partial charge in [-0.25, -0.2) is 8.42 Å². The minimum Gasteiger partial charge on any atom is -0.467 e. The van der Waals surface area contributed by atoms with Crippen molar-refractivity contribution in [3.8, 4) is 0 Å². The SMILES string of the molecule is CC(=O)c1ccc(S(=O)(=O)N(C)CC(=O)OCC(=O)N(C)Cc2ccco2)cc1. The zero-order valence-corrected chi connectivity index (χ0v) is 17.1. The number of sulfonamides is 1. The smallest absolute Gasteiger partial charge is 0.321 e. The average molecular weight is 422 g/mol. The predicted octanol–water partition coefficient (Wildman–Crippen LogP) is 1.30. The van der Waals surface area contributed by atoms with Crippen LogP contribution in [0.3, 0.4) is 0 Å². The molecule has 0 fully saturated rings. The van der Waals surface area contributed by atoms with Gasteiger partial charge in [-0.15, -0.1) is 0 Å². The molecule has 1 heterocycles. The normalized spacial score (nSPS) is 11.3. The van der Waals surface area contributed by atoms with Gasteiger partial charge >= 0.3 is 5.97 Å². The number of ether oxygens (including phenoxy) is 1. The number of nitrogens with zero attached hydrogens (tertiary/aromatic N) is 2. The van der Waals surface area contributed by atoms with Crippen LogP contribution in [-0.2, 0) is 30.9 Å². The van der Waals surface area contributed by atoms with Crippen LogP contribution in [0.5, 0.6) is 0 Å². The maximum absolute atomic E-state index is 12.5. The summed E-state index contributed by atoms with van der Waals surface area (Å²) in [6.07, 6.45) is 1.48. The highest BCUT2D eigenvalue weighted by Crippen LogP contribution is 2.15. The maximum atomic E-state index is 12.5. The highest BCUT2D eigenvalue weighted by atomic mass is 32.2. The first kappa shape index (κ1) is 22.3. The molecule has 0 spiro atoms. The van der Waals surface area contributed by atoms with Crippen LogP contribution in [0.25, 0.3) is 0 Å². The van der Waals surface area contributed by atoms with Crippen molar-refractivity contribution in [2.45, 2.75) is 18.4 Å². The molecular weight excluding hydrogens is 400 g/mol. The van der Waals surface area contributed by atoms with E-state index in [1.165, 1.54) is 56.4 Å². The number of Topliss-reactive ketones (excluding diaryl/α,β-unsaturated/α-hetero) is 1. The topological polar surface area (TPSA) is 114 Å². The minimum absolute atomic E-state index is 0.0629. The third kappa shape index (κ3) is 6.00. The minimum atomic E-state index is -3.95. The number of furan rings is 1. The summed E-state index contributed by atoms with van der Waals surface area (Å²) in [5, 5.41) is 0. The molecule has 0 aliphatic carbocycles. The largest absolute Gasteiger partial charge is 0.467 e. The molecule has 1 aromatic carbocycles. The van der Waals surface area contributed by atoms with Crippen molar-refractivity contribution >= 4 is 27.7 Å². The Morgan fingerprint density at radius 3 is 2.28 bits per heavy atom. The monoisotopic (exact) mass is 422 g/mol. The lowest BCUT2D eigenvalue weighted by molar-refractivity contribution is -0.151. The molecule has 2 aromatic rings. The van der Waals surface area contributed by atoms with Crippen molar-refractivity contribution in [2.24, 2.45) is 0 Å². The average Bonchev–Trinajstić information content (AvgIpc) is 3.18. The molecular formula is C19H22N2O7S. The second-order valence-electron chi connectivity index (χ2n) is 6.33. The van der Waals surface area contributed by atoms with Gasteiger partial charge in [0.2, 0.25) is 10.0 Å². The van der Waals surface area contributed by atoms with E-state index >= 15 is 0 Å². The standard InChI is InChI=1S/C19H22N2O7S/c1-14(22)15-6-8-17(9-7-15)29(25,26)21(3)12-19(24)28-13-18(23)20(2)11-16-5-4-10-27-16/h4-10H,11-13H2,1-3H3. The molecule has 1 amide bonds. The van der Waals surface area contributed by atoms with Gasteiger partial charge in [0.15, 0.2) is 12.4 Å². The number of benzene rings is 1. The van der Waals surface area contributed by atoms with E-state index in [9.17, 15) is 22.8 Å². The lowest BCUT2D eigenvalue weighted by atomic mass is 10.2. The van der Waals surface area contributed by atoms with E-state index in [2.05, 4.69) is 0 Å². The molecule has 0 aliphatic heterocycles. The van der Waals surface area contributed by atoms with E-state index in [-0.39, 0.29) is 17.2 Å². The molecule has 2 rings (SSSR count). The van der Waals surface area contributed by atoms with Gasteiger partial charge in [-0.1, -0.05) is 12.1 Å². The van der Waals surface area contributed by atoms with E-state index < -0.39 is 35.1 Å². The Balaban J connectivity index is 1.88. The number of ketones is 1. The number of amides is 1. The number of carbonyl (C=O) groups is 3. The fraction of sp³-hybridized carbons (Fsp3) is 0.316. The Morgan fingerprint density at radius 1 is 1.07 bits per heavy atom. The molecule has 1 aromatic heterocycles. The zero-order chi connectivity index (χ0) is 21.6. The maximum Gasteiger partial charge on any atom is 0.321 e. The second kappa shape index (κ2) is 9.48. The highest BCUT2D eigenvalue weighted by molar-refractivity contribution is 7.89. The molecule has 0 atom stereocenters. The van der Waals surface area contributed by atoms with Gasteiger partial charge < -0.3 is 14.1 Å². The third-order valence-corrected chi connectivity index (χ3v) is 5.89. The van der Waals surface area contributed by atoms with Crippen LogP contribution in [-0.4, -0.2) is 62.5 Å². The van der Waals surface area contributed by atoms with Crippen molar-refractivity contribution in [1.29, 1.82) is 0 Å². The Morgan fingerprint density at radius 2 is 1.72 bits per heavy atom. The molecule has 0 N–H and O–H groups in total. The van der Waals surface area contributed by atoms with E-state index in [0.717, 1.165) is 4.31 Å². The zero-order valence-electron chi connectivity index (χ0n) is 16.3. The van der Waals surface area contributed by atoms with E-state index in [4.69, 9.17) is 9.15 Å². The second-order valence-corrected chi connectivity index (χ2v) is 8.38. The molecule has 156 valence electrons. The lowest BCUT2D eigenvalue weighted by Crippen LogP contribution is -2.35. The van der Waals surface area contributed by atoms with Crippen LogP contribution in [0.1, 0.15) is 23.0 Å². The van der Waals surface area contributed by atoms with Crippen LogP contribution in [0.15, 0.2) is 52.0 Å². The van der Waals surface area contributed by atoms with Gasteiger partial charge in [0, 0.05) is 19.7 Å². The lowest BCUT2D eigenvalue weighted by Gasteiger charge is -2.18. The quantitative estimate of drug-likeness (QED) is 0.442. The van der Waals surface area contributed by atoms with Crippen LogP contribution in [0.2, 0.25) is 0 Å². The Hall–Kier alpha value is -2.98. The van der Waals surface area contributed by atoms with Crippen molar-refractivity contribution in [2.75, 3.05) is 27.2 Å². The van der Waals surface area contributed by atoms with Gasteiger partial charge in [0.1, 0.15) is 12.3 Å². The van der Waals surface area contributed by atoms with E-state index in [0.29, 0.717) is 11.3 Å². The van der Waals surface area contributed by atoms with Crippen LogP contribution < -0.4 is 0 Å². The molecule has 10 heteroatoms. The summed E-state index contributed by atoms with van der Waals surface area (Å²) in [6, 6.07) is 8.78. The molecule has 0 radical (unpaired) electrons. The Bertz CT molecular complexity index is 966. The summed E-state index contributed by atoms with van der Waals surface area (Å²) < 4.78 is 35.9. The fourth-order valence-electron chi connectivity index (χ4n) is 2.33. The summed E-state index contributed by atoms with van der Waals surface area (Å²) in [6.45, 7) is 0.510. The van der Waals surface area contributed by atoms with Gasteiger partial charge in [-0.05, 0) is 31.2 Å². The Labute approximate surface area is 168 Å². The third-order valence-electron chi connectivity index (χ3n) is 4.08. The van der Waals surface area contributed by atoms with Crippen molar-refractivity contribution in [3.63, 3.8) is 0 Å². The summed E-state index contributed by atoms with van der Waals surface area (Å²) in [4.78, 5) is 36.5. The number of hydrogen-bond donors (Lipinski definition) is 0. The van der Waals surface area contributed by atoms with E-state index in [1.54, 1.807) is 12.1 Å². The fourth-order valence-corrected chi connectivity index (χ4v) is 3.45. The van der Waals surface area contributed by atoms with Crippen LogP contribution in [0.4, 0.5) is 0 Å².